The first-order valence-corrected chi connectivity index (χ1v) is 7.10. The molecule has 1 amide bonds. The van der Waals surface area contributed by atoms with Gasteiger partial charge < -0.3 is 4.74 Å². The van der Waals surface area contributed by atoms with Crippen LogP contribution in [0.25, 0.3) is 0 Å². The van der Waals surface area contributed by atoms with Gasteiger partial charge in [0.1, 0.15) is 6.10 Å². The second-order valence-corrected chi connectivity index (χ2v) is 5.53. The molecule has 2 aliphatic rings. The van der Waals surface area contributed by atoms with Crippen LogP contribution in [0.3, 0.4) is 0 Å². The molecule has 104 valence electrons. The van der Waals surface area contributed by atoms with Gasteiger partial charge in [-0.25, -0.2) is 5.84 Å². The van der Waals surface area contributed by atoms with E-state index in [0.717, 1.165) is 25.9 Å². The third kappa shape index (κ3) is 3.43. The number of nitrogens with two attached hydrogens (primary N) is 1. The summed E-state index contributed by atoms with van der Waals surface area (Å²) in [6.45, 7) is 4.41. The summed E-state index contributed by atoms with van der Waals surface area (Å²) in [6, 6.07) is 0.637. The lowest BCUT2D eigenvalue weighted by molar-refractivity contribution is -0.132. The number of hydrazine groups is 1. The summed E-state index contributed by atoms with van der Waals surface area (Å²) in [6.07, 6.45) is 6.82. The van der Waals surface area contributed by atoms with Crippen molar-refractivity contribution in [3.63, 3.8) is 0 Å². The largest absolute Gasteiger partial charge is 0.364 e. The summed E-state index contributed by atoms with van der Waals surface area (Å²) in [7, 11) is 0. The number of hydrogen-bond acceptors (Lipinski definition) is 4. The van der Waals surface area contributed by atoms with Gasteiger partial charge in [-0.2, -0.15) is 0 Å². The van der Waals surface area contributed by atoms with E-state index in [4.69, 9.17) is 10.6 Å². The Bertz CT molecular complexity index is 285. The van der Waals surface area contributed by atoms with E-state index >= 15 is 0 Å². The Morgan fingerprint density at radius 3 is 2.94 bits per heavy atom. The van der Waals surface area contributed by atoms with E-state index in [1.54, 1.807) is 0 Å². The van der Waals surface area contributed by atoms with Crippen LogP contribution in [0.4, 0.5) is 0 Å². The van der Waals surface area contributed by atoms with Crippen LogP contribution < -0.4 is 11.3 Å². The van der Waals surface area contributed by atoms with Crippen molar-refractivity contribution in [3.05, 3.63) is 0 Å². The number of ether oxygens (including phenoxy) is 1. The van der Waals surface area contributed by atoms with Gasteiger partial charge in [0.25, 0.3) is 5.91 Å². The highest BCUT2D eigenvalue weighted by atomic mass is 16.5. The summed E-state index contributed by atoms with van der Waals surface area (Å²) in [5.41, 5.74) is 2.17. The van der Waals surface area contributed by atoms with E-state index in [2.05, 4.69) is 17.2 Å². The predicted molar refractivity (Wildman–Crippen MR) is 69.7 cm³/mol. The van der Waals surface area contributed by atoms with Crippen LogP contribution in [0.15, 0.2) is 0 Å². The van der Waals surface area contributed by atoms with Crippen molar-refractivity contribution >= 4 is 5.91 Å². The number of nitrogens with one attached hydrogen (secondary N) is 1. The highest BCUT2D eigenvalue weighted by molar-refractivity contribution is 5.80. The number of hydrogen-bond donors (Lipinski definition) is 2. The number of rotatable bonds is 3. The Kier molecular flexibility index (Phi) is 4.97. The Morgan fingerprint density at radius 1 is 1.33 bits per heavy atom. The molecule has 0 aliphatic carbocycles. The molecule has 0 bridgehead atoms. The highest BCUT2D eigenvalue weighted by Gasteiger charge is 2.32. The molecular weight excluding hydrogens is 230 g/mol. The Labute approximate surface area is 109 Å². The van der Waals surface area contributed by atoms with E-state index in [1.807, 2.05) is 0 Å². The number of likely N-dealkylation sites (tertiary alicyclic amines) is 1. The third-order valence-corrected chi connectivity index (χ3v) is 4.17. The smallest absolute Gasteiger partial charge is 0.263 e. The van der Waals surface area contributed by atoms with Gasteiger partial charge in [-0.05, 0) is 39.2 Å². The second kappa shape index (κ2) is 6.50. The molecule has 0 radical (unpaired) electrons. The molecule has 3 atom stereocenters. The zero-order valence-corrected chi connectivity index (χ0v) is 11.2. The van der Waals surface area contributed by atoms with Crippen molar-refractivity contribution in [2.45, 2.75) is 63.7 Å². The van der Waals surface area contributed by atoms with E-state index in [1.165, 1.54) is 25.7 Å². The Balaban J connectivity index is 1.81. The lowest BCUT2D eigenvalue weighted by atomic mass is 10.1. The molecule has 3 N–H and O–H groups in total. The minimum absolute atomic E-state index is 0.188. The molecule has 5 nitrogen and oxygen atoms in total. The van der Waals surface area contributed by atoms with Gasteiger partial charge in [0.05, 0.1) is 6.10 Å². The molecule has 0 saturated carbocycles. The lowest BCUT2D eigenvalue weighted by Crippen LogP contribution is -2.41. The van der Waals surface area contributed by atoms with Crippen LogP contribution in [0.1, 0.15) is 45.4 Å². The fraction of sp³-hybridized carbons (Fsp3) is 0.923. The molecule has 0 aromatic heterocycles. The maximum Gasteiger partial charge on any atom is 0.263 e. The van der Waals surface area contributed by atoms with Crippen molar-refractivity contribution < 1.29 is 9.53 Å². The van der Waals surface area contributed by atoms with Gasteiger partial charge in [-0.1, -0.05) is 12.8 Å². The number of carbonyl (C=O) groups is 1. The Morgan fingerprint density at radius 2 is 2.17 bits per heavy atom. The molecule has 0 spiro atoms. The minimum Gasteiger partial charge on any atom is -0.364 e. The average Bonchev–Trinajstić information content (AvgIpc) is 2.75. The van der Waals surface area contributed by atoms with E-state index in [9.17, 15) is 4.79 Å². The van der Waals surface area contributed by atoms with Gasteiger partial charge in [0.15, 0.2) is 0 Å². The fourth-order valence-electron chi connectivity index (χ4n) is 2.99. The summed E-state index contributed by atoms with van der Waals surface area (Å²) >= 11 is 0. The fourth-order valence-corrected chi connectivity index (χ4v) is 2.99. The molecule has 2 aliphatic heterocycles. The molecule has 2 rings (SSSR count). The van der Waals surface area contributed by atoms with Crippen molar-refractivity contribution in [3.8, 4) is 0 Å². The number of amides is 1. The van der Waals surface area contributed by atoms with Crippen molar-refractivity contribution in [1.29, 1.82) is 0 Å². The molecule has 0 aromatic rings. The molecular formula is C13H25N3O2. The van der Waals surface area contributed by atoms with Crippen LogP contribution in [-0.4, -0.2) is 42.1 Å². The summed E-state index contributed by atoms with van der Waals surface area (Å²) in [4.78, 5) is 13.9. The lowest BCUT2D eigenvalue weighted by Gasteiger charge is -2.29. The first kappa shape index (κ1) is 13.8. The molecule has 2 fully saturated rings. The zero-order chi connectivity index (χ0) is 13.0. The standard InChI is InChI=1S/C13H25N3O2/c1-10-5-3-2-4-8-16(10)9-11-6-7-12(18-11)13(17)15-14/h10-12H,2-9,14H2,1H3,(H,15,17). The van der Waals surface area contributed by atoms with Crippen molar-refractivity contribution in [2.75, 3.05) is 13.1 Å². The molecule has 2 saturated heterocycles. The second-order valence-electron chi connectivity index (χ2n) is 5.53. The van der Waals surface area contributed by atoms with Crippen LogP contribution in [0.2, 0.25) is 0 Å². The number of carbonyl (C=O) groups excluding carboxylic acids is 1. The van der Waals surface area contributed by atoms with Crippen LogP contribution in [0.5, 0.6) is 0 Å². The van der Waals surface area contributed by atoms with Gasteiger partial charge in [0.2, 0.25) is 0 Å². The third-order valence-electron chi connectivity index (χ3n) is 4.17. The maximum atomic E-state index is 11.4. The van der Waals surface area contributed by atoms with Gasteiger partial charge in [-0.3, -0.25) is 15.1 Å². The van der Waals surface area contributed by atoms with E-state index < -0.39 is 0 Å². The monoisotopic (exact) mass is 255 g/mol. The van der Waals surface area contributed by atoms with Crippen molar-refractivity contribution in [1.82, 2.24) is 10.3 Å². The topological polar surface area (TPSA) is 67.6 Å². The predicted octanol–water partition coefficient (Wildman–Crippen LogP) is 0.788. The normalized spacial score (nSPS) is 34.2. The van der Waals surface area contributed by atoms with Gasteiger partial charge in [-0.15, -0.1) is 0 Å². The zero-order valence-electron chi connectivity index (χ0n) is 11.2. The molecule has 5 heteroatoms. The Hall–Kier alpha value is -0.650. The van der Waals surface area contributed by atoms with E-state index in [0.29, 0.717) is 6.04 Å². The summed E-state index contributed by atoms with van der Waals surface area (Å²) in [5.74, 6) is 4.94. The first-order valence-electron chi connectivity index (χ1n) is 7.10. The summed E-state index contributed by atoms with van der Waals surface area (Å²) < 4.78 is 5.77. The molecule has 3 unspecified atom stereocenters. The SMILES string of the molecule is CC1CCCCCN1CC1CCC(C(=O)NN)O1. The first-order chi connectivity index (χ1) is 8.70. The number of nitrogens with zero attached hydrogens (tertiary/aromatic N) is 1. The maximum absolute atomic E-state index is 11.4. The van der Waals surface area contributed by atoms with Crippen LogP contribution in [0, 0.1) is 0 Å². The van der Waals surface area contributed by atoms with Crippen LogP contribution in [-0.2, 0) is 9.53 Å². The van der Waals surface area contributed by atoms with E-state index in [-0.39, 0.29) is 18.1 Å². The van der Waals surface area contributed by atoms with Crippen LogP contribution >= 0.6 is 0 Å². The average molecular weight is 255 g/mol. The van der Waals surface area contributed by atoms with Gasteiger partial charge in [0, 0.05) is 12.6 Å². The molecule has 0 aromatic carbocycles. The highest BCUT2D eigenvalue weighted by Crippen LogP contribution is 2.23. The van der Waals surface area contributed by atoms with Gasteiger partial charge >= 0.3 is 0 Å². The minimum atomic E-state index is -0.345. The molecule has 2 heterocycles. The summed E-state index contributed by atoms with van der Waals surface area (Å²) in [5, 5.41) is 0. The quantitative estimate of drug-likeness (QED) is 0.444. The molecule has 18 heavy (non-hydrogen) atoms. The van der Waals surface area contributed by atoms with Crippen molar-refractivity contribution in [2.24, 2.45) is 5.84 Å².